The molecule has 0 atom stereocenters. The van der Waals surface area contributed by atoms with E-state index in [9.17, 15) is 4.79 Å². The highest BCUT2D eigenvalue weighted by molar-refractivity contribution is 5.95. The third-order valence-corrected chi connectivity index (χ3v) is 2.94. The highest BCUT2D eigenvalue weighted by Crippen LogP contribution is 2.20. The van der Waals surface area contributed by atoms with E-state index < -0.39 is 0 Å². The van der Waals surface area contributed by atoms with Crippen molar-refractivity contribution in [1.29, 1.82) is 0 Å². The maximum absolute atomic E-state index is 11.8. The van der Waals surface area contributed by atoms with E-state index in [1.807, 2.05) is 31.3 Å². The number of hydrogen-bond donors (Lipinski definition) is 1. The predicted octanol–water partition coefficient (Wildman–Crippen LogP) is 2.03. The van der Waals surface area contributed by atoms with Crippen molar-refractivity contribution in [3.63, 3.8) is 0 Å². The Kier molecular flexibility index (Phi) is 3.13. The van der Waals surface area contributed by atoms with E-state index in [1.165, 1.54) is 0 Å². The number of anilines is 1. The van der Waals surface area contributed by atoms with Crippen LogP contribution in [0.2, 0.25) is 0 Å². The van der Waals surface area contributed by atoms with Crippen LogP contribution in [0.3, 0.4) is 0 Å². The Morgan fingerprint density at radius 3 is 2.88 bits per heavy atom. The summed E-state index contributed by atoms with van der Waals surface area (Å²) in [6.45, 7) is 3.03. The van der Waals surface area contributed by atoms with Gasteiger partial charge in [-0.3, -0.25) is 4.79 Å². The van der Waals surface area contributed by atoms with Crippen molar-refractivity contribution >= 4 is 11.6 Å². The molecule has 0 bridgehead atoms. The molecule has 3 nitrogen and oxygen atoms in total. The van der Waals surface area contributed by atoms with Gasteiger partial charge in [-0.2, -0.15) is 0 Å². The van der Waals surface area contributed by atoms with Gasteiger partial charge in [0.15, 0.2) is 0 Å². The van der Waals surface area contributed by atoms with Crippen molar-refractivity contribution in [2.75, 3.05) is 18.5 Å². The minimum absolute atomic E-state index is 0.0499. The SMILES string of the molecule is CCN(C)c1cccc(C(=O)NC2CC2)c1. The van der Waals surface area contributed by atoms with Gasteiger partial charge in [0, 0.05) is 30.9 Å². The zero-order valence-corrected chi connectivity index (χ0v) is 9.86. The Bertz CT molecular complexity index is 385. The van der Waals surface area contributed by atoms with Crippen molar-refractivity contribution in [3.8, 4) is 0 Å². The number of benzene rings is 1. The maximum atomic E-state index is 11.8. The Labute approximate surface area is 96.5 Å². The molecule has 1 aliphatic carbocycles. The average molecular weight is 218 g/mol. The summed E-state index contributed by atoms with van der Waals surface area (Å²) in [5.41, 5.74) is 1.84. The minimum atomic E-state index is 0.0499. The van der Waals surface area contributed by atoms with Gasteiger partial charge in [0.05, 0.1) is 0 Å². The first-order chi connectivity index (χ1) is 7.70. The van der Waals surface area contributed by atoms with Gasteiger partial charge in [0.2, 0.25) is 0 Å². The van der Waals surface area contributed by atoms with Crippen LogP contribution >= 0.6 is 0 Å². The van der Waals surface area contributed by atoms with Crippen LogP contribution in [0.15, 0.2) is 24.3 Å². The number of carbonyl (C=O) groups is 1. The molecule has 0 aliphatic heterocycles. The lowest BCUT2D eigenvalue weighted by atomic mass is 10.1. The molecule has 3 heteroatoms. The van der Waals surface area contributed by atoms with Gasteiger partial charge in [-0.1, -0.05) is 6.07 Å². The molecule has 1 fully saturated rings. The largest absolute Gasteiger partial charge is 0.375 e. The van der Waals surface area contributed by atoms with Crippen molar-refractivity contribution < 1.29 is 4.79 Å². The molecule has 0 aromatic heterocycles. The Hall–Kier alpha value is -1.51. The molecule has 2 rings (SSSR count). The molecule has 1 aromatic rings. The first-order valence-corrected chi connectivity index (χ1v) is 5.82. The zero-order valence-electron chi connectivity index (χ0n) is 9.86. The van der Waals surface area contributed by atoms with E-state index >= 15 is 0 Å². The van der Waals surface area contributed by atoms with Gasteiger partial charge in [0.1, 0.15) is 0 Å². The molecule has 1 amide bonds. The third kappa shape index (κ3) is 2.54. The molecule has 1 N–H and O–H groups in total. The van der Waals surface area contributed by atoms with Crippen LogP contribution < -0.4 is 10.2 Å². The topological polar surface area (TPSA) is 32.3 Å². The molecule has 1 saturated carbocycles. The molecule has 1 aliphatic rings. The van der Waals surface area contributed by atoms with E-state index in [0.717, 1.165) is 30.6 Å². The van der Waals surface area contributed by atoms with E-state index in [-0.39, 0.29) is 5.91 Å². The summed E-state index contributed by atoms with van der Waals surface area (Å²) in [5, 5.41) is 3.00. The molecule has 0 radical (unpaired) electrons. The molecular weight excluding hydrogens is 200 g/mol. The Morgan fingerprint density at radius 2 is 2.25 bits per heavy atom. The standard InChI is InChI=1S/C13H18N2O/c1-3-15(2)12-6-4-5-10(9-12)13(16)14-11-7-8-11/h4-6,9,11H,3,7-8H2,1-2H3,(H,14,16). The Morgan fingerprint density at radius 1 is 1.50 bits per heavy atom. The van der Waals surface area contributed by atoms with Crippen molar-refractivity contribution in [3.05, 3.63) is 29.8 Å². The fourth-order valence-corrected chi connectivity index (χ4v) is 1.56. The lowest BCUT2D eigenvalue weighted by Gasteiger charge is -2.17. The third-order valence-electron chi connectivity index (χ3n) is 2.94. The summed E-state index contributed by atoms with van der Waals surface area (Å²) in [6, 6.07) is 8.19. The summed E-state index contributed by atoms with van der Waals surface area (Å²) < 4.78 is 0. The second-order valence-corrected chi connectivity index (χ2v) is 4.31. The minimum Gasteiger partial charge on any atom is -0.375 e. The molecule has 0 heterocycles. The van der Waals surface area contributed by atoms with E-state index in [0.29, 0.717) is 6.04 Å². The van der Waals surface area contributed by atoms with Crippen LogP contribution in [0.4, 0.5) is 5.69 Å². The maximum Gasteiger partial charge on any atom is 0.251 e. The normalized spacial score (nSPS) is 14.6. The fourth-order valence-electron chi connectivity index (χ4n) is 1.56. The van der Waals surface area contributed by atoms with Crippen molar-refractivity contribution in [2.45, 2.75) is 25.8 Å². The van der Waals surface area contributed by atoms with Gasteiger partial charge >= 0.3 is 0 Å². The lowest BCUT2D eigenvalue weighted by molar-refractivity contribution is 0.0951. The summed E-state index contributed by atoms with van der Waals surface area (Å²) in [4.78, 5) is 13.9. The predicted molar refractivity (Wildman–Crippen MR) is 65.9 cm³/mol. The Balaban J connectivity index is 2.10. The first kappa shape index (κ1) is 11.0. The summed E-state index contributed by atoms with van der Waals surface area (Å²) in [7, 11) is 2.03. The van der Waals surface area contributed by atoms with Crippen LogP contribution in [0.1, 0.15) is 30.1 Å². The highest BCUT2D eigenvalue weighted by Gasteiger charge is 2.23. The molecule has 86 valence electrons. The molecular formula is C13H18N2O. The van der Waals surface area contributed by atoms with Crippen LogP contribution in [0.25, 0.3) is 0 Å². The van der Waals surface area contributed by atoms with Gasteiger partial charge in [-0.05, 0) is 38.0 Å². The van der Waals surface area contributed by atoms with Gasteiger partial charge in [-0.25, -0.2) is 0 Å². The average Bonchev–Trinajstić information content (AvgIpc) is 3.12. The van der Waals surface area contributed by atoms with E-state index in [4.69, 9.17) is 0 Å². The number of nitrogens with zero attached hydrogens (tertiary/aromatic N) is 1. The van der Waals surface area contributed by atoms with Gasteiger partial charge in [0.25, 0.3) is 5.91 Å². The fraction of sp³-hybridized carbons (Fsp3) is 0.462. The van der Waals surface area contributed by atoms with E-state index in [2.05, 4.69) is 17.1 Å². The molecule has 1 aromatic carbocycles. The van der Waals surface area contributed by atoms with Gasteiger partial charge in [-0.15, -0.1) is 0 Å². The number of hydrogen-bond acceptors (Lipinski definition) is 2. The van der Waals surface area contributed by atoms with Crippen molar-refractivity contribution in [1.82, 2.24) is 5.32 Å². The van der Waals surface area contributed by atoms with Crippen LogP contribution in [0.5, 0.6) is 0 Å². The summed E-state index contributed by atoms with van der Waals surface area (Å²) >= 11 is 0. The molecule has 0 spiro atoms. The van der Waals surface area contributed by atoms with E-state index in [1.54, 1.807) is 0 Å². The number of amides is 1. The highest BCUT2D eigenvalue weighted by atomic mass is 16.1. The molecule has 0 saturated heterocycles. The summed E-state index contributed by atoms with van der Waals surface area (Å²) in [5.74, 6) is 0.0499. The zero-order chi connectivity index (χ0) is 11.5. The second kappa shape index (κ2) is 4.56. The smallest absolute Gasteiger partial charge is 0.251 e. The van der Waals surface area contributed by atoms with Gasteiger partial charge < -0.3 is 10.2 Å². The number of nitrogens with one attached hydrogen (secondary N) is 1. The van der Waals surface area contributed by atoms with Crippen molar-refractivity contribution in [2.24, 2.45) is 0 Å². The molecule has 0 unspecified atom stereocenters. The first-order valence-electron chi connectivity index (χ1n) is 5.82. The van der Waals surface area contributed by atoms with Crippen LogP contribution in [0, 0.1) is 0 Å². The number of carbonyl (C=O) groups excluding carboxylic acids is 1. The lowest BCUT2D eigenvalue weighted by Crippen LogP contribution is -2.25. The monoisotopic (exact) mass is 218 g/mol. The second-order valence-electron chi connectivity index (χ2n) is 4.31. The number of rotatable bonds is 4. The van der Waals surface area contributed by atoms with Crippen LogP contribution in [-0.2, 0) is 0 Å². The molecule has 16 heavy (non-hydrogen) atoms. The quantitative estimate of drug-likeness (QED) is 0.838. The van der Waals surface area contributed by atoms with Crippen LogP contribution in [-0.4, -0.2) is 25.5 Å². The summed E-state index contributed by atoms with van der Waals surface area (Å²) in [6.07, 6.45) is 2.25.